The van der Waals surface area contributed by atoms with Gasteiger partial charge in [0.1, 0.15) is 21.5 Å². The topological polar surface area (TPSA) is 72.7 Å². The molecule has 2 aromatic heterocycles. The molecule has 0 fully saturated rings. The molecule has 0 bridgehead atoms. The van der Waals surface area contributed by atoms with E-state index in [0.717, 1.165) is 37.9 Å². The maximum Gasteiger partial charge on any atom is 0.332 e. The molecule has 0 unspecified atom stereocenters. The molecular formula is C15H22N4O2S. The van der Waals surface area contributed by atoms with Crippen molar-refractivity contribution in [1.29, 1.82) is 0 Å². The Morgan fingerprint density at radius 2 is 1.86 bits per heavy atom. The van der Waals surface area contributed by atoms with Crippen LogP contribution in [0.3, 0.4) is 0 Å². The minimum atomic E-state index is -0.345. The average molecular weight is 322 g/mol. The van der Waals surface area contributed by atoms with Crippen molar-refractivity contribution in [3.05, 3.63) is 31.3 Å². The molecule has 0 amide bonds. The first kappa shape index (κ1) is 16.6. The molecule has 22 heavy (non-hydrogen) atoms. The summed E-state index contributed by atoms with van der Waals surface area (Å²) >= 11 is 5.29. The van der Waals surface area contributed by atoms with Crippen molar-refractivity contribution in [2.45, 2.75) is 52.5 Å². The summed E-state index contributed by atoms with van der Waals surface area (Å²) in [6.45, 7) is 4.52. The molecular weight excluding hydrogens is 300 g/mol. The monoisotopic (exact) mass is 322 g/mol. The first-order chi connectivity index (χ1) is 10.5. The van der Waals surface area contributed by atoms with E-state index in [0.29, 0.717) is 17.6 Å². The van der Waals surface area contributed by atoms with E-state index in [-0.39, 0.29) is 15.9 Å². The SMILES string of the molecule is CCCCc1nc(=S)c2c(=O)n(CCCC)c(=O)n(C)c2[nH]1. The van der Waals surface area contributed by atoms with Crippen molar-refractivity contribution in [3.8, 4) is 0 Å². The zero-order chi connectivity index (χ0) is 16.3. The Hall–Kier alpha value is -1.76. The molecule has 0 aromatic carbocycles. The lowest BCUT2D eigenvalue weighted by atomic mass is 10.2. The minimum absolute atomic E-state index is 0.269. The maximum absolute atomic E-state index is 12.6. The second-order valence-corrected chi connectivity index (χ2v) is 5.85. The molecule has 0 spiro atoms. The third-order valence-electron chi connectivity index (χ3n) is 3.76. The van der Waals surface area contributed by atoms with E-state index in [1.165, 1.54) is 9.13 Å². The molecule has 0 aliphatic carbocycles. The van der Waals surface area contributed by atoms with Gasteiger partial charge >= 0.3 is 5.69 Å². The fraction of sp³-hybridized carbons (Fsp3) is 0.600. The summed E-state index contributed by atoms with van der Waals surface area (Å²) in [5.41, 5.74) is -0.194. The highest BCUT2D eigenvalue weighted by molar-refractivity contribution is 7.71. The van der Waals surface area contributed by atoms with Gasteiger partial charge in [-0.25, -0.2) is 9.78 Å². The van der Waals surface area contributed by atoms with Crippen LogP contribution in [-0.4, -0.2) is 19.1 Å². The van der Waals surface area contributed by atoms with E-state index >= 15 is 0 Å². The van der Waals surface area contributed by atoms with Crippen LogP contribution in [0.25, 0.3) is 11.0 Å². The first-order valence-electron chi connectivity index (χ1n) is 7.74. The average Bonchev–Trinajstić information content (AvgIpc) is 2.50. The number of nitrogens with zero attached hydrogens (tertiary/aromatic N) is 3. The lowest BCUT2D eigenvalue weighted by Gasteiger charge is -2.11. The Morgan fingerprint density at radius 3 is 2.50 bits per heavy atom. The Kier molecular flexibility index (Phi) is 5.28. The molecule has 0 atom stereocenters. The van der Waals surface area contributed by atoms with Gasteiger partial charge in [-0.2, -0.15) is 0 Å². The van der Waals surface area contributed by atoms with Gasteiger partial charge in [0.15, 0.2) is 0 Å². The summed E-state index contributed by atoms with van der Waals surface area (Å²) in [5, 5.41) is 0.327. The van der Waals surface area contributed by atoms with E-state index in [1.54, 1.807) is 7.05 Å². The van der Waals surface area contributed by atoms with Gasteiger partial charge in [-0.1, -0.05) is 38.9 Å². The smallest absolute Gasteiger partial charge is 0.329 e. The van der Waals surface area contributed by atoms with E-state index < -0.39 is 0 Å². The fourth-order valence-corrected chi connectivity index (χ4v) is 2.72. The highest BCUT2D eigenvalue weighted by Gasteiger charge is 2.14. The van der Waals surface area contributed by atoms with Gasteiger partial charge in [0, 0.05) is 20.0 Å². The van der Waals surface area contributed by atoms with E-state index in [1.807, 2.05) is 6.92 Å². The maximum atomic E-state index is 12.6. The van der Waals surface area contributed by atoms with Crippen LogP contribution in [0.15, 0.2) is 9.59 Å². The highest BCUT2D eigenvalue weighted by Crippen LogP contribution is 2.08. The molecule has 6 nitrogen and oxygen atoms in total. The first-order valence-corrected chi connectivity index (χ1v) is 8.14. The Labute approximate surface area is 133 Å². The van der Waals surface area contributed by atoms with Gasteiger partial charge in [-0.15, -0.1) is 0 Å². The zero-order valence-electron chi connectivity index (χ0n) is 13.3. The number of rotatable bonds is 6. The lowest BCUT2D eigenvalue weighted by molar-refractivity contribution is 0.565. The number of fused-ring (bicyclic) bond motifs is 1. The molecule has 2 aromatic rings. The number of aryl methyl sites for hydroxylation is 2. The summed E-state index contributed by atoms with van der Waals surface area (Å²) in [7, 11) is 1.65. The Morgan fingerprint density at radius 1 is 1.18 bits per heavy atom. The lowest BCUT2D eigenvalue weighted by Crippen LogP contribution is -2.39. The molecule has 2 heterocycles. The van der Waals surface area contributed by atoms with Gasteiger partial charge in [-0.3, -0.25) is 13.9 Å². The quantitative estimate of drug-likeness (QED) is 0.828. The number of hydrogen-bond donors (Lipinski definition) is 1. The predicted molar refractivity (Wildman–Crippen MR) is 89.9 cm³/mol. The summed E-state index contributed by atoms with van der Waals surface area (Å²) in [6, 6.07) is 0. The molecule has 120 valence electrons. The summed E-state index contributed by atoms with van der Waals surface area (Å²) in [6.07, 6.45) is 4.46. The van der Waals surface area contributed by atoms with Gasteiger partial charge in [0.05, 0.1) is 0 Å². The molecule has 0 aliphatic rings. The molecule has 0 saturated carbocycles. The van der Waals surface area contributed by atoms with Crippen LogP contribution < -0.4 is 11.2 Å². The molecule has 0 radical (unpaired) electrons. The van der Waals surface area contributed by atoms with Gasteiger partial charge in [0.25, 0.3) is 5.56 Å². The van der Waals surface area contributed by atoms with Crippen molar-refractivity contribution >= 4 is 23.3 Å². The third-order valence-corrected chi connectivity index (χ3v) is 4.06. The number of H-pyrrole nitrogens is 1. The number of aromatic amines is 1. The van der Waals surface area contributed by atoms with Crippen LogP contribution in [0.5, 0.6) is 0 Å². The largest absolute Gasteiger partial charge is 0.332 e. The number of aromatic nitrogens is 4. The Balaban J connectivity index is 2.73. The van der Waals surface area contributed by atoms with Crippen LogP contribution in [-0.2, 0) is 20.0 Å². The molecule has 2 rings (SSSR count). The Bertz CT molecular complexity index is 847. The summed E-state index contributed by atoms with van der Waals surface area (Å²) < 4.78 is 2.98. The summed E-state index contributed by atoms with van der Waals surface area (Å²) in [5.74, 6) is 0.722. The van der Waals surface area contributed by atoms with Crippen molar-refractivity contribution in [3.63, 3.8) is 0 Å². The predicted octanol–water partition coefficient (Wildman–Crippen LogP) is 2.30. The molecule has 7 heteroatoms. The van der Waals surface area contributed by atoms with Crippen LogP contribution in [0.2, 0.25) is 0 Å². The van der Waals surface area contributed by atoms with E-state index in [9.17, 15) is 9.59 Å². The van der Waals surface area contributed by atoms with Gasteiger partial charge < -0.3 is 4.98 Å². The van der Waals surface area contributed by atoms with E-state index in [4.69, 9.17) is 12.2 Å². The number of nitrogens with one attached hydrogen (secondary N) is 1. The van der Waals surface area contributed by atoms with Crippen LogP contribution in [0, 0.1) is 4.64 Å². The molecule has 1 N–H and O–H groups in total. The van der Waals surface area contributed by atoms with Crippen LogP contribution in [0.4, 0.5) is 0 Å². The number of unbranched alkanes of at least 4 members (excludes halogenated alkanes) is 2. The normalized spacial score (nSPS) is 11.2. The second kappa shape index (κ2) is 7.00. The molecule has 0 saturated heterocycles. The van der Waals surface area contributed by atoms with Crippen LogP contribution in [0.1, 0.15) is 45.4 Å². The fourth-order valence-electron chi connectivity index (χ4n) is 2.43. The zero-order valence-corrected chi connectivity index (χ0v) is 14.1. The standard InChI is InChI=1S/C15H22N4O2S/c1-4-6-8-10-16-12-11(13(22)17-10)14(20)19(9-7-5-2)15(21)18(12)3/h4-9H2,1-3H3,(H,16,17,22). The van der Waals surface area contributed by atoms with Gasteiger partial charge in [0.2, 0.25) is 0 Å². The summed E-state index contributed by atoms with van der Waals surface area (Å²) in [4.78, 5) is 32.4. The van der Waals surface area contributed by atoms with Crippen molar-refractivity contribution in [1.82, 2.24) is 19.1 Å². The molecule has 0 aliphatic heterocycles. The van der Waals surface area contributed by atoms with Crippen molar-refractivity contribution in [2.24, 2.45) is 7.05 Å². The van der Waals surface area contributed by atoms with Crippen molar-refractivity contribution in [2.75, 3.05) is 0 Å². The van der Waals surface area contributed by atoms with Gasteiger partial charge in [-0.05, 0) is 12.8 Å². The highest BCUT2D eigenvalue weighted by atomic mass is 32.1. The van der Waals surface area contributed by atoms with Crippen LogP contribution >= 0.6 is 12.2 Å². The third kappa shape index (κ3) is 3.04. The van der Waals surface area contributed by atoms with E-state index in [2.05, 4.69) is 16.9 Å². The minimum Gasteiger partial charge on any atom is -0.329 e. The second-order valence-electron chi connectivity index (χ2n) is 5.47. The van der Waals surface area contributed by atoms with Crippen molar-refractivity contribution < 1.29 is 0 Å². The number of hydrogen-bond acceptors (Lipinski definition) is 4.